The number of carbonyl (C=O) groups is 3. The number of halogens is 1. The van der Waals surface area contributed by atoms with Crippen molar-refractivity contribution in [3.63, 3.8) is 0 Å². The number of carbonyl (C=O) groups excluding carboxylic acids is 3. The van der Waals surface area contributed by atoms with Crippen LogP contribution in [0.25, 0.3) is 10.9 Å². The van der Waals surface area contributed by atoms with Gasteiger partial charge in [-0.1, -0.05) is 0 Å². The van der Waals surface area contributed by atoms with E-state index in [4.69, 9.17) is 0 Å². The monoisotopic (exact) mass is 346 g/mol. The first kappa shape index (κ1) is 16.9. The lowest BCUT2D eigenvalue weighted by Gasteiger charge is -2.39. The van der Waals surface area contributed by atoms with E-state index in [1.807, 2.05) is 0 Å². The second kappa shape index (κ2) is 6.54. The Balaban J connectivity index is 1.83. The minimum Gasteiger partial charge on any atom is -0.357 e. The van der Waals surface area contributed by atoms with E-state index < -0.39 is 6.04 Å². The number of rotatable bonds is 2. The summed E-state index contributed by atoms with van der Waals surface area (Å²) in [5.74, 6) is -1.18. The van der Waals surface area contributed by atoms with Crippen molar-refractivity contribution in [3.05, 3.63) is 35.8 Å². The molecular weight excluding hydrogens is 327 g/mol. The van der Waals surface area contributed by atoms with Crippen molar-refractivity contribution in [2.45, 2.75) is 13.0 Å². The van der Waals surface area contributed by atoms with Crippen molar-refractivity contribution in [2.24, 2.45) is 0 Å². The Morgan fingerprint density at radius 1 is 1.24 bits per heavy atom. The number of aromatic nitrogens is 1. The van der Waals surface area contributed by atoms with Crippen molar-refractivity contribution in [2.75, 3.05) is 26.7 Å². The van der Waals surface area contributed by atoms with E-state index in [0.717, 1.165) is 0 Å². The van der Waals surface area contributed by atoms with Crippen LogP contribution in [0.4, 0.5) is 4.39 Å². The van der Waals surface area contributed by atoms with Crippen molar-refractivity contribution >= 4 is 28.6 Å². The van der Waals surface area contributed by atoms with E-state index in [1.165, 1.54) is 35.9 Å². The molecule has 0 unspecified atom stereocenters. The molecular formula is C17H19FN4O3. The number of hydrogen-bond acceptors (Lipinski definition) is 3. The van der Waals surface area contributed by atoms with E-state index in [0.29, 0.717) is 23.1 Å². The number of amides is 3. The van der Waals surface area contributed by atoms with E-state index in [9.17, 15) is 18.8 Å². The number of nitrogens with zero attached hydrogens (tertiary/aromatic N) is 2. The minimum absolute atomic E-state index is 0.113. The zero-order valence-corrected chi connectivity index (χ0v) is 14.0. The summed E-state index contributed by atoms with van der Waals surface area (Å²) in [4.78, 5) is 42.5. The third-order valence-corrected chi connectivity index (χ3v) is 4.43. The number of aromatic amines is 1. The molecule has 132 valence electrons. The van der Waals surface area contributed by atoms with Crippen LogP contribution in [-0.4, -0.2) is 65.2 Å². The molecule has 1 aliphatic rings. The molecule has 1 aromatic heterocycles. The topological polar surface area (TPSA) is 85.5 Å². The zero-order valence-electron chi connectivity index (χ0n) is 14.0. The molecule has 1 fully saturated rings. The van der Waals surface area contributed by atoms with Gasteiger partial charge in [-0.05, 0) is 24.3 Å². The summed E-state index contributed by atoms with van der Waals surface area (Å²) in [6.45, 7) is 2.13. The van der Waals surface area contributed by atoms with Gasteiger partial charge in [0.15, 0.2) is 0 Å². The molecule has 0 saturated carbocycles. The molecule has 1 aliphatic heterocycles. The van der Waals surface area contributed by atoms with E-state index in [2.05, 4.69) is 10.3 Å². The van der Waals surface area contributed by atoms with Crippen LogP contribution in [0.3, 0.4) is 0 Å². The van der Waals surface area contributed by atoms with E-state index in [-0.39, 0.29) is 36.6 Å². The van der Waals surface area contributed by atoms with Crippen molar-refractivity contribution in [1.29, 1.82) is 0 Å². The number of piperazine rings is 1. The minimum atomic E-state index is -0.720. The molecule has 0 spiro atoms. The first-order valence-corrected chi connectivity index (χ1v) is 7.97. The molecule has 2 N–H and O–H groups in total. The molecule has 0 aliphatic carbocycles. The van der Waals surface area contributed by atoms with Crippen LogP contribution >= 0.6 is 0 Å². The predicted molar refractivity (Wildman–Crippen MR) is 89.4 cm³/mol. The SMILES string of the molecule is CNC(=O)[C@H]1CN(C(=O)c2cc3cc(F)ccc3[nH]2)CCN1C(C)=O. The van der Waals surface area contributed by atoms with Gasteiger partial charge in [-0.25, -0.2) is 4.39 Å². The molecule has 2 aromatic rings. The van der Waals surface area contributed by atoms with Gasteiger partial charge in [0.1, 0.15) is 17.6 Å². The van der Waals surface area contributed by atoms with Gasteiger partial charge in [0.25, 0.3) is 5.91 Å². The van der Waals surface area contributed by atoms with Crippen LogP contribution in [0, 0.1) is 5.82 Å². The Kier molecular flexibility index (Phi) is 4.43. The lowest BCUT2D eigenvalue weighted by atomic mass is 10.1. The van der Waals surface area contributed by atoms with Crippen LogP contribution < -0.4 is 5.32 Å². The highest BCUT2D eigenvalue weighted by Crippen LogP contribution is 2.19. The molecule has 1 aromatic carbocycles. The molecule has 0 radical (unpaired) electrons. The molecule has 3 rings (SSSR count). The fourth-order valence-corrected chi connectivity index (χ4v) is 3.12. The Morgan fingerprint density at radius 3 is 2.68 bits per heavy atom. The highest BCUT2D eigenvalue weighted by molar-refractivity contribution is 5.98. The van der Waals surface area contributed by atoms with Crippen LogP contribution in [0.1, 0.15) is 17.4 Å². The molecule has 1 atom stereocenters. The van der Waals surface area contributed by atoms with Gasteiger partial charge >= 0.3 is 0 Å². The third kappa shape index (κ3) is 3.19. The third-order valence-electron chi connectivity index (χ3n) is 4.43. The van der Waals surface area contributed by atoms with Gasteiger partial charge in [0, 0.05) is 38.0 Å². The maximum Gasteiger partial charge on any atom is 0.270 e. The summed E-state index contributed by atoms with van der Waals surface area (Å²) in [7, 11) is 1.49. The van der Waals surface area contributed by atoms with Crippen LogP contribution in [0.2, 0.25) is 0 Å². The fraction of sp³-hybridized carbons (Fsp3) is 0.353. The normalized spacial score (nSPS) is 17.6. The standard InChI is InChI=1S/C17H19FN4O3/c1-10(23)22-6-5-21(9-15(22)16(24)19-2)17(25)14-8-11-7-12(18)3-4-13(11)20-14/h3-4,7-8,15,20H,5-6,9H2,1-2H3,(H,19,24)/t15-/m1/s1. The fourth-order valence-electron chi connectivity index (χ4n) is 3.12. The second-order valence-electron chi connectivity index (χ2n) is 6.01. The largest absolute Gasteiger partial charge is 0.357 e. The molecule has 25 heavy (non-hydrogen) atoms. The molecule has 0 bridgehead atoms. The maximum atomic E-state index is 13.3. The summed E-state index contributed by atoms with van der Waals surface area (Å²) in [5.41, 5.74) is 0.988. The number of hydrogen-bond donors (Lipinski definition) is 2. The summed E-state index contributed by atoms with van der Waals surface area (Å²) in [6, 6.07) is 5.11. The Morgan fingerprint density at radius 2 is 2.00 bits per heavy atom. The summed E-state index contributed by atoms with van der Waals surface area (Å²) >= 11 is 0. The van der Waals surface area contributed by atoms with Crippen LogP contribution in [0.5, 0.6) is 0 Å². The molecule has 2 heterocycles. The highest BCUT2D eigenvalue weighted by atomic mass is 19.1. The van der Waals surface area contributed by atoms with E-state index in [1.54, 1.807) is 12.1 Å². The van der Waals surface area contributed by atoms with Crippen molar-refractivity contribution < 1.29 is 18.8 Å². The molecule has 3 amide bonds. The van der Waals surface area contributed by atoms with Crippen LogP contribution in [-0.2, 0) is 9.59 Å². The van der Waals surface area contributed by atoms with E-state index >= 15 is 0 Å². The van der Waals surface area contributed by atoms with Gasteiger partial charge < -0.3 is 20.1 Å². The number of H-pyrrole nitrogens is 1. The van der Waals surface area contributed by atoms with Gasteiger partial charge in [-0.3, -0.25) is 14.4 Å². The average Bonchev–Trinajstić information content (AvgIpc) is 3.02. The average molecular weight is 346 g/mol. The molecule has 1 saturated heterocycles. The Hall–Kier alpha value is -2.90. The second-order valence-corrected chi connectivity index (χ2v) is 6.01. The summed E-state index contributed by atoms with van der Waals surface area (Å²) < 4.78 is 13.3. The summed E-state index contributed by atoms with van der Waals surface area (Å²) in [6.07, 6.45) is 0. The predicted octanol–water partition coefficient (Wildman–Crippen LogP) is 0.726. The zero-order chi connectivity index (χ0) is 18.1. The van der Waals surface area contributed by atoms with Gasteiger partial charge in [0.2, 0.25) is 11.8 Å². The number of nitrogens with one attached hydrogen (secondary N) is 2. The number of benzene rings is 1. The molecule has 7 nitrogen and oxygen atoms in total. The number of likely N-dealkylation sites (N-methyl/N-ethyl adjacent to an activating group) is 1. The highest BCUT2D eigenvalue weighted by Gasteiger charge is 2.35. The Bertz CT molecular complexity index is 848. The van der Waals surface area contributed by atoms with Gasteiger partial charge in [-0.15, -0.1) is 0 Å². The first-order valence-electron chi connectivity index (χ1n) is 7.97. The first-order chi connectivity index (χ1) is 11.9. The lowest BCUT2D eigenvalue weighted by Crippen LogP contribution is -2.60. The lowest BCUT2D eigenvalue weighted by molar-refractivity contribution is -0.141. The van der Waals surface area contributed by atoms with Gasteiger partial charge in [0.05, 0.1) is 6.54 Å². The quantitative estimate of drug-likeness (QED) is 0.840. The summed E-state index contributed by atoms with van der Waals surface area (Å²) in [5, 5.41) is 3.13. The van der Waals surface area contributed by atoms with Crippen molar-refractivity contribution in [3.8, 4) is 0 Å². The van der Waals surface area contributed by atoms with Crippen molar-refractivity contribution in [1.82, 2.24) is 20.1 Å². The Labute approximate surface area is 143 Å². The molecule has 8 heteroatoms. The van der Waals surface area contributed by atoms with Crippen LogP contribution in [0.15, 0.2) is 24.3 Å². The number of fused-ring (bicyclic) bond motifs is 1. The maximum absolute atomic E-state index is 13.3. The van der Waals surface area contributed by atoms with Gasteiger partial charge in [-0.2, -0.15) is 0 Å². The smallest absolute Gasteiger partial charge is 0.270 e.